The number of fused-ring (bicyclic) bond motifs is 1. The van der Waals surface area contributed by atoms with E-state index < -0.39 is 0 Å². The van der Waals surface area contributed by atoms with Gasteiger partial charge in [-0.25, -0.2) is 0 Å². The Morgan fingerprint density at radius 3 is 2.93 bits per heavy atom. The maximum absolute atomic E-state index is 12.3. The fraction of sp³-hybridized carbons (Fsp3) is 0.278. The van der Waals surface area contributed by atoms with Gasteiger partial charge < -0.3 is 19.4 Å². The Morgan fingerprint density at radius 1 is 1.26 bits per heavy atom. The summed E-state index contributed by atoms with van der Waals surface area (Å²) in [5.74, 6) is 2.37. The number of thioether (sulfide) groups is 1. The lowest BCUT2D eigenvalue weighted by molar-refractivity contribution is -0.113. The van der Waals surface area contributed by atoms with Crippen molar-refractivity contribution in [3.05, 3.63) is 46.4 Å². The van der Waals surface area contributed by atoms with Gasteiger partial charge in [0.15, 0.2) is 16.7 Å². The molecule has 0 atom stereocenters. The predicted molar refractivity (Wildman–Crippen MR) is 105 cm³/mol. The third-order valence-corrected chi connectivity index (χ3v) is 5.89. The number of carbonyl (C=O) groups excluding carboxylic acids is 1. The molecule has 0 spiro atoms. The highest BCUT2D eigenvalue weighted by molar-refractivity contribution is 7.99. The van der Waals surface area contributed by atoms with Gasteiger partial charge in [0.05, 0.1) is 5.75 Å². The molecule has 0 unspecified atom stereocenters. The molecule has 1 aromatic carbocycles. The van der Waals surface area contributed by atoms with Crippen molar-refractivity contribution in [2.45, 2.75) is 11.6 Å². The number of hydrogen-bond acceptors (Lipinski definition) is 7. The molecule has 0 bridgehead atoms. The van der Waals surface area contributed by atoms with Gasteiger partial charge in [0.2, 0.25) is 5.91 Å². The van der Waals surface area contributed by atoms with Gasteiger partial charge in [-0.1, -0.05) is 17.8 Å². The van der Waals surface area contributed by atoms with E-state index in [9.17, 15) is 4.79 Å². The molecule has 4 rings (SSSR count). The van der Waals surface area contributed by atoms with Gasteiger partial charge >= 0.3 is 0 Å². The number of aromatic nitrogens is 3. The van der Waals surface area contributed by atoms with Gasteiger partial charge in [-0.05, 0) is 23.6 Å². The highest BCUT2D eigenvalue weighted by Gasteiger charge is 2.15. The molecule has 0 aliphatic carbocycles. The Bertz CT molecular complexity index is 940. The first-order valence-electron chi connectivity index (χ1n) is 8.42. The van der Waals surface area contributed by atoms with Crippen molar-refractivity contribution in [2.75, 3.05) is 24.3 Å². The van der Waals surface area contributed by atoms with E-state index in [-0.39, 0.29) is 11.7 Å². The first kappa shape index (κ1) is 17.9. The second kappa shape index (κ2) is 8.01. The summed E-state index contributed by atoms with van der Waals surface area (Å²) in [6.45, 7) is 1.06. The summed E-state index contributed by atoms with van der Waals surface area (Å²) in [6, 6.07) is 9.48. The monoisotopic (exact) mass is 402 g/mol. The average molecular weight is 403 g/mol. The topological polar surface area (TPSA) is 78.3 Å². The number of amides is 1. The van der Waals surface area contributed by atoms with Crippen LogP contribution in [0.1, 0.15) is 10.7 Å². The largest absolute Gasteiger partial charge is 0.486 e. The molecule has 2 aromatic heterocycles. The molecule has 27 heavy (non-hydrogen) atoms. The van der Waals surface area contributed by atoms with Crippen LogP contribution in [0.4, 0.5) is 5.69 Å². The number of thiophene rings is 1. The molecule has 140 valence electrons. The van der Waals surface area contributed by atoms with E-state index in [1.54, 1.807) is 29.5 Å². The number of carbonyl (C=O) groups is 1. The summed E-state index contributed by atoms with van der Waals surface area (Å²) in [5.41, 5.74) is 0.682. The second-order valence-electron chi connectivity index (χ2n) is 5.91. The van der Waals surface area contributed by atoms with Crippen LogP contribution in [0.2, 0.25) is 0 Å². The van der Waals surface area contributed by atoms with E-state index in [0.29, 0.717) is 30.4 Å². The van der Waals surface area contributed by atoms with Gasteiger partial charge in [0.25, 0.3) is 0 Å². The van der Waals surface area contributed by atoms with Crippen LogP contribution in [-0.4, -0.2) is 39.6 Å². The first-order chi connectivity index (χ1) is 13.2. The molecule has 0 fully saturated rings. The fourth-order valence-electron chi connectivity index (χ4n) is 2.64. The van der Waals surface area contributed by atoms with Crippen LogP contribution in [0.5, 0.6) is 11.5 Å². The van der Waals surface area contributed by atoms with Crippen LogP contribution in [0, 0.1) is 0 Å². The summed E-state index contributed by atoms with van der Waals surface area (Å²) in [6.07, 6.45) is 0.741. The third-order valence-electron chi connectivity index (χ3n) is 4.00. The minimum absolute atomic E-state index is 0.112. The summed E-state index contributed by atoms with van der Waals surface area (Å²) in [4.78, 5) is 13.5. The maximum atomic E-state index is 12.3. The standard InChI is InChI=1S/C18H18N4O3S2/c1-22-16(10-13-3-2-8-26-13)20-21-18(22)27-11-17(23)19-12-4-5-14-15(9-12)25-7-6-24-14/h2-5,8-9H,6-7,10-11H2,1H3,(H,19,23). The zero-order valence-corrected chi connectivity index (χ0v) is 16.3. The molecule has 0 radical (unpaired) electrons. The molecule has 0 saturated carbocycles. The quantitative estimate of drug-likeness (QED) is 0.639. The fourth-order valence-corrected chi connectivity index (χ4v) is 4.07. The van der Waals surface area contributed by atoms with Gasteiger partial charge in [-0.15, -0.1) is 21.5 Å². The Balaban J connectivity index is 1.33. The van der Waals surface area contributed by atoms with E-state index in [1.807, 2.05) is 23.1 Å². The number of nitrogens with one attached hydrogen (secondary N) is 1. The van der Waals surface area contributed by atoms with Crippen molar-refractivity contribution in [1.82, 2.24) is 14.8 Å². The molecule has 1 N–H and O–H groups in total. The number of rotatable bonds is 6. The van der Waals surface area contributed by atoms with E-state index in [0.717, 1.165) is 17.4 Å². The normalized spacial score (nSPS) is 12.8. The highest BCUT2D eigenvalue weighted by Crippen LogP contribution is 2.32. The maximum Gasteiger partial charge on any atom is 0.234 e. The molecule has 1 aliphatic rings. The van der Waals surface area contributed by atoms with Crippen LogP contribution in [0.3, 0.4) is 0 Å². The molecular weight excluding hydrogens is 384 g/mol. The minimum Gasteiger partial charge on any atom is -0.486 e. The van der Waals surface area contributed by atoms with Crippen molar-refractivity contribution in [2.24, 2.45) is 7.05 Å². The smallest absolute Gasteiger partial charge is 0.234 e. The van der Waals surface area contributed by atoms with E-state index in [1.165, 1.54) is 16.6 Å². The SMILES string of the molecule is Cn1c(Cc2cccs2)nnc1SCC(=O)Nc1ccc2c(c1)OCCO2. The Kier molecular flexibility index (Phi) is 5.30. The van der Waals surface area contributed by atoms with E-state index in [2.05, 4.69) is 21.6 Å². The van der Waals surface area contributed by atoms with Crippen molar-refractivity contribution in [3.8, 4) is 11.5 Å². The van der Waals surface area contributed by atoms with Crippen LogP contribution in [-0.2, 0) is 18.3 Å². The summed E-state index contributed by atoms with van der Waals surface area (Å²) in [7, 11) is 1.92. The molecule has 1 aliphatic heterocycles. The summed E-state index contributed by atoms with van der Waals surface area (Å²) < 4.78 is 12.9. The lowest BCUT2D eigenvalue weighted by Gasteiger charge is -2.18. The lowest BCUT2D eigenvalue weighted by atomic mass is 10.2. The Labute approximate surface area is 164 Å². The van der Waals surface area contributed by atoms with Crippen LogP contribution in [0.15, 0.2) is 40.9 Å². The van der Waals surface area contributed by atoms with E-state index >= 15 is 0 Å². The van der Waals surface area contributed by atoms with Gasteiger partial charge in [0.1, 0.15) is 19.0 Å². The van der Waals surface area contributed by atoms with Crippen LogP contribution >= 0.6 is 23.1 Å². The van der Waals surface area contributed by atoms with Gasteiger partial charge in [-0.2, -0.15) is 0 Å². The zero-order valence-electron chi connectivity index (χ0n) is 14.7. The predicted octanol–water partition coefficient (Wildman–Crippen LogP) is 2.97. The third kappa shape index (κ3) is 4.25. The minimum atomic E-state index is -0.112. The zero-order chi connectivity index (χ0) is 18.6. The molecule has 7 nitrogen and oxygen atoms in total. The van der Waals surface area contributed by atoms with Gasteiger partial charge in [0, 0.05) is 30.1 Å². The molecule has 9 heteroatoms. The number of benzene rings is 1. The van der Waals surface area contributed by atoms with Crippen LogP contribution < -0.4 is 14.8 Å². The Morgan fingerprint density at radius 2 is 2.11 bits per heavy atom. The molecule has 0 saturated heterocycles. The number of ether oxygens (including phenoxy) is 2. The highest BCUT2D eigenvalue weighted by atomic mass is 32.2. The first-order valence-corrected chi connectivity index (χ1v) is 10.3. The number of hydrogen-bond donors (Lipinski definition) is 1. The molecular formula is C18H18N4O3S2. The molecule has 3 heterocycles. The molecule has 1 amide bonds. The Hall–Kier alpha value is -2.52. The van der Waals surface area contributed by atoms with Crippen LogP contribution in [0.25, 0.3) is 0 Å². The molecule has 3 aromatic rings. The van der Waals surface area contributed by atoms with Crippen molar-refractivity contribution < 1.29 is 14.3 Å². The average Bonchev–Trinajstić information content (AvgIpc) is 3.31. The summed E-state index contributed by atoms with van der Waals surface area (Å²) >= 11 is 3.06. The second-order valence-corrected chi connectivity index (χ2v) is 7.88. The van der Waals surface area contributed by atoms with E-state index in [4.69, 9.17) is 9.47 Å². The number of anilines is 1. The lowest BCUT2D eigenvalue weighted by Crippen LogP contribution is -2.17. The van der Waals surface area contributed by atoms with Gasteiger partial charge in [-0.3, -0.25) is 4.79 Å². The van der Waals surface area contributed by atoms with Crippen molar-refractivity contribution in [3.63, 3.8) is 0 Å². The summed E-state index contributed by atoms with van der Waals surface area (Å²) in [5, 5.41) is 14.1. The van der Waals surface area contributed by atoms with Crippen molar-refractivity contribution >= 4 is 34.7 Å². The number of nitrogens with zero attached hydrogens (tertiary/aromatic N) is 3. The van der Waals surface area contributed by atoms with Crippen molar-refractivity contribution in [1.29, 1.82) is 0 Å².